The van der Waals surface area contributed by atoms with Gasteiger partial charge in [-0.05, 0) is 24.3 Å². The molecule has 2 aromatic rings. The first-order valence-electron chi connectivity index (χ1n) is 5.36. The number of aromatic hydroxyl groups is 1. The molecule has 1 aromatic carbocycles. The Kier molecular flexibility index (Phi) is 3.46. The van der Waals surface area contributed by atoms with E-state index in [2.05, 4.69) is 5.32 Å². The molecule has 0 aliphatic rings. The van der Waals surface area contributed by atoms with E-state index in [1.54, 1.807) is 12.1 Å². The number of carbonyl (C=O) groups is 1. The number of furan rings is 1. The quantitative estimate of drug-likeness (QED) is 0.645. The molecule has 0 bridgehead atoms. The molecule has 2 rings (SSSR count). The van der Waals surface area contributed by atoms with E-state index in [0.29, 0.717) is 5.76 Å². The van der Waals surface area contributed by atoms with Gasteiger partial charge < -0.3 is 14.8 Å². The highest BCUT2D eigenvalue weighted by molar-refractivity contribution is 5.98. The lowest BCUT2D eigenvalue weighted by Gasteiger charge is -2.04. The molecule has 0 atom stereocenters. The molecule has 7 heteroatoms. The fourth-order valence-corrected chi connectivity index (χ4v) is 1.54. The normalized spacial score (nSPS) is 10.1. The average Bonchev–Trinajstić information content (AvgIpc) is 2.88. The van der Waals surface area contributed by atoms with Crippen LogP contribution in [0.5, 0.6) is 5.75 Å². The lowest BCUT2D eigenvalue weighted by atomic mass is 10.1. The van der Waals surface area contributed by atoms with Crippen molar-refractivity contribution in [3.05, 3.63) is 58.0 Å². The van der Waals surface area contributed by atoms with E-state index in [1.807, 2.05) is 0 Å². The lowest BCUT2D eigenvalue weighted by Crippen LogP contribution is -2.23. The second-order valence-electron chi connectivity index (χ2n) is 3.72. The number of benzene rings is 1. The van der Waals surface area contributed by atoms with E-state index in [9.17, 15) is 20.0 Å². The van der Waals surface area contributed by atoms with Crippen LogP contribution in [0.1, 0.15) is 16.1 Å². The topological polar surface area (TPSA) is 106 Å². The number of phenols is 1. The van der Waals surface area contributed by atoms with E-state index < -0.39 is 10.8 Å². The van der Waals surface area contributed by atoms with Gasteiger partial charge in [0.2, 0.25) is 0 Å². The number of phenolic OH excluding ortho intramolecular Hbond substituents is 1. The number of nitro benzene ring substituents is 1. The fraction of sp³-hybridized carbons (Fsp3) is 0.0833. The monoisotopic (exact) mass is 262 g/mol. The molecule has 0 aliphatic carbocycles. The van der Waals surface area contributed by atoms with Crippen molar-refractivity contribution in [1.82, 2.24) is 5.32 Å². The van der Waals surface area contributed by atoms with Crippen molar-refractivity contribution in [1.29, 1.82) is 0 Å². The molecule has 1 aromatic heterocycles. The predicted octanol–water partition coefficient (Wildman–Crippen LogP) is 1.82. The molecular weight excluding hydrogens is 252 g/mol. The summed E-state index contributed by atoms with van der Waals surface area (Å²) in [5.74, 6) is -0.344. The minimum atomic E-state index is -0.679. The summed E-state index contributed by atoms with van der Waals surface area (Å²) in [6.07, 6.45) is 1.46. The van der Waals surface area contributed by atoms with Gasteiger partial charge in [-0.15, -0.1) is 0 Å². The van der Waals surface area contributed by atoms with Gasteiger partial charge in [-0.25, -0.2) is 0 Å². The third-order valence-corrected chi connectivity index (χ3v) is 2.42. The van der Waals surface area contributed by atoms with Gasteiger partial charge in [0.05, 0.1) is 17.7 Å². The molecule has 0 aliphatic heterocycles. The standard InChI is InChI=1S/C12H10N2O5/c15-8-3-4-11(14(17)18)10(6-8)12(16)13-7-9-2-1-5-19-9/h1-6,15H,7H2,(H,13,16). The molecule has 0 spiro atoms. The van der Waals surface area contributed by atoms with Gasteiger partial charge in [0.1, 0.15) is 17.1 Å². The second kappa shape index (κ2) is 5.21. The fourth-order valence-electron chi connectivity index (χ4n) is 1.54. The molecule has 0 unspecified atom stereocenters. The van der Waals surface area contributed by atoms with Gasteiger partial charge in [0.25, 0.3) is 11.6 Å². The van der Waals surface area contributed by atoms with Gasteiger partial charge in [0, 0.05) is 6.07 Å². The Morgan fingerprint density at radius 2 is 2.21 bits per heavy atom. The number of amides is 1. The summed E-state index contributed by atoms with van der Waals surface area (Å²) in [6, 6.07) is 6.61. The van der Waals surface area contributed by atoms with Crippen molar-refractivity contribution in [2.24, 2.45) is 0 Å². The largest absolute Gasteiger partial charge is 0.508 e. The third kappa shape index (κ3) is 2.89. The van der Waals surface area contributed by atoms with Crippen LogP contribution in [0.15, 0.2) is 41.0 Å². The maximum Gasteiger partial charge on any atom is 0.282 e. The number of rotatable bonds is 4. The Morgan fingerprint density at radius 1 is 1.42 bits per heavy atom. The zero-order valence-electron chi connectivity index (χ0n) is 9.70. The van der Waals surface area contributed by atoms with Crippen molar-refractivity contribution < 1.29 is 19.2 Å². The first kappa shape index (κ1) is 12.6. The highest BCUT2D eigenvalue weighted by Gasteiger charge is 2.20. The van der Waals surface area contributed by atoms with Gasteiger partial charge in [0.15, 0.2) is 0 Å². The highest BCUT2D eigenvalue weighted by atomic mass is 16.6. The van der Waals surface area contributed by atoms with Crippen LogP contribution in [-0.4, -0.2) is 15.9 Å². The van der Waals surface area contributed by atoms with Gasteiger partial charge >= 0.3 is 0 Å². The number of hydrogen-bond acceptors (Lipinski definition) is 5. The second-order valence-corrected chi connectivity index (χ2v) is 3.72. The highest BCUT2D eigenvalue weighted by Crippen LogP contribution is 2.23. The third-order valence-electron chi connectivity index (χ3n) is 2.42. The van der Waals surface area contributed by atoms with Crippen LogP contribution < -0.4 is 5.32 Å². The summed E-state index contributed by atoms with van der Waals surface area (Å²) in [7, 11) is 0. The number of hydrogen-bond donors (Lipinski definition) is 2. The van der Waals surface area contributed by atoms with E-state index in [1.165, 1.54) is 6.26 Å². The summed E-state index contributed by atoms with van der Waals surface area (Å²) in [5.41, 5.74) is -0.564. The maximum atomic E-state index is 11.8. The smallest absolute Gasteiger partial charge is 0.282 e. The van der Waals surface area contributed by atoms with Crippen LogP contribution in [0, 0.1) is 10.1 Å². The van der Waals surface area contributed by atoms with Crippen molar-refractivity contribution in [2.75, 3.05) is 0 Å². The van der Waals surface area contributed by atoms with Crippen LogP contribution in [-0.2, 0) is 6.54 Å². The van der Waals surface area contributed by atoms with Crippen molar-refractivity contribution in [3.63, 3.8) is 0 Å². The lowest BCUT2D eigenvalue weighted by molar-refractivity contribution is -0.385. The first-order valence-corrected chi connectivity index (χ1v) is 5.36. The first-order chi connectivity index (χ1) is 9.08. The minimum Gasteiger partial charge on any atom is -0.508 e. The van der Waals surface area contributed by atoms with Crippen LogP contribution in [0.2, 0.25) is 0 Å². The molecule has 98 valence electrons. The Bertz CT molecular complexity index is 607. The van der Waals surface area contributed by atoms with E-state index >= 15 is 0 Å². The summed E-state index contributed by atoms with van der Waals surface area (Å²) >= 11 is 0. The van der Waals surface area contributed by atoms with Gasteiger partial charge in [-0.1, -0.05) is 0 Å². The summed E-state index contributed by atoms with van der Waals surface area (Å²) < 4.78 is 5.02. The van der Waals surface area contributed by atoms with Crippen LogP contribution in [0.4, 0.5) is 5.69 Å². The molecule has 19 heavy (non-hydrogen) atoms. The van der Waals surface area contributed by atoms with E-state index in [0.717, 1.165) is 18.2 Å². The molecule has 7 nitrogen and oxygen atoms in total. The molecule has 0 saturated carbocycles. The van der Waals surface area contributed by atoms with E-state index in [-0.39, 0.29) is 23.5 Å². The molecule has 1 amide bonds. The molecule has 0 fully saturated rings. The van der Waals surface area contributed by atoms with Gasteiger partial charge in [-0.2, -0.15) is 0 Å². The molecular formula is C12H10N2O5. The van der Waals surface area contributed by atoms with Crippen LogP contribution >= 0.6 is 0 Å². The molecule has 0 saturated heterocycles. The minimum absolute atomic E-state index is 0.110. The Balaban J connectivity index is 2.18. The maximum absolute atomic E-state index is 11.8. The van der Waals surface area contributed by atoms with Crippen LogP contribution in [0.3, 0.4) is 0 Å². The van der Waals surface area contributed by atoms with E-state index in [4.69, 9.17) is 4.42 Å². The molecule has 2 N–H and O–H groups in total. The Labute approximate surface area is 107 Å². The predicted molar refractivity (Wildman–Crippen MR) is 64.6 cm³/mol. The molecule has 1 heterocycles. The number of nitrogens with zero attached hydrogens (tertiary/aromatic N) is 1. The molecule has 0 radical (unpaired) electrons. The van der Waals surface area contributed by atoms with Crippen LogP contribution in [0.25, 0.3) is 0 Å². The van der Waals surface area contributed by atoms with Crippen molar-refractivity contribution in [3.8, 4) is 5.75 Å². The number of nitro groups is 1. The SMILES string of the molecule is O=C(NCc1ccco1)c1cc(O)ccc1[N+](=O)[O-]. The van der Waals surface area contributed by atoms with Crippen molar-refractivity contribution in [2.45, 2.75) is 6.54 Å². The zero-order valence-corrected chi connectivity index (χ0v) is 9.70. The Hall–Kier alpha value is -2.83. The summed E-state index contributed by atoms with van der Waals surface area (Å²) in [4.78, 5) is 22.0. The van der Waals surface area contributed by atoms with Crippen molar-refractivity contribution >= 4 is 11.6 Å². The zero-order chi connectivity index (χ0) is 13.8. The summed E-state index contributed by atoms with van der Waals surface area (Å²) in [5, 5.41) is 22.6. The average molecular weight is 262 g/mol. The summed E-state index contributed by atoms with van der Waals surface area (Å²) in [6.45, 7) is 0.110. The number of carbonyl (C=O) groups excluding carboxylic acids is 1. The Morgan fingerprint density at radius 3 is 2.84 bits per heavy atom. The number of nitrogens with one attached hydrogen (secondary N) is 1. The van der Waals surface area contributed by atoms with Gasteiger partial charge in [-0.3, -0.25) is 14.9 Å².